The molecule has 4 heterocycles. The number of nitrogens with one attached hydrogen (secondary N) is 2. The third-order valence-electron chi connectivity index (χ3n) is 4.80. The van der Waals surface area contributed by atoms with Gasteiger partial charge in [0, 0.05) is 30.4 Å². The summed E-state index contributed by atoms with van der Waals surface area (Å²) in [5.74, 6) is 1.34. The van der Waals surface area contributed by atoms with Crippen LogP contribution in [0.1, 0.15) is 25.8 Å². The fraction of sp³-hybridized carbons (Fsp3) is 0.421. The first kappa shape index (κ1) is 17.7. The molecule has 1 aliphatic rings. The Morgan fingerprint density at radius 2 is 2.19 bits per heavy atom. The van der Waals surface area contributed by atoms with Gasteiger partial charge >= 0.3 is 0 Å². The minimum Gasteiger partial charge on any atom is -0.496 e. The van der Waals surface area contributed by atoms with Crippen LogP contribution in [0.2, 0.25) is 0 Å². The van der Waals surface area contributed by atoms with Crippen LogP contribution in [0.25, 0.3) is 17.0 Å². The Kier molecular flexibility index (Phi) is 4.45. The average Bonchev–Trinajstić information content (AvgIpc) is 3.29. The number of pyridine rings is 1. The van der Waals surface area contributed by atoms with E-state index in [4.69, 9.17) is 9.72 Å². The molecule has 27 heavy (non-hydrogen) atoms. The van der Waals surface area contributed by atoms with Crippen LogP contribution in [-0.4, -0.2) is 50.7 Å². The Bertz CT molecular complexity index is 956. The molecule has 0 amide bonds. The molecule has 0 spiro atoms. The van der Waals surface area contributed by atoms with E-state index in [0.717, 1.165) is 36.7 Å². The molecule has 8 heteroatoms. The predicted molar refractivity (Wildman–Crippen MR) is 103 cm³/mol. The van der Waals surface area contributed by atoms with Crippen molar-refractivity contribution in [1.82, 2.24) is 24.7 Å². The molecule has 4 rings (SSSR count). The van der Waals surface area contributed by atoms with E-state index >= 15 is 0 Å². The smallest absolute Gasteiger partial charge is 0.145 e. The van der Waals surface area contributed by atoms with Gasteiger partial charge < -0.3 is 20.5 Å². The van der Waals surface area contributed by atoms with Crippen molar-refractivity contribution >= 4 is 11.5 Å². The monoisotopic (exact) mass is 368 g/mol. The van der Waals surface area contributed by atoms with Gasteiger partial charge in [-0.15, -0.1) is 0 Å². The van der Waals surface area contributed by atoms with Crippen molar-refractivity contribution in [2.24, 2.45) is 0 Å². The van der Waals surface area contributed by atoms with Crippen LogP contribution in [0.4, 0.5) is 5.82 Å². The van der Waals surface area contributed by atoms with Crippen LogP contribution < -0.4 is 15.4 Å². The van der Waals surface area contributed by atoms with Crippen molar-refractivity contribution in [3.8, 4) is 17.1 Å². The minimum absolute atomic E-state index is 0.364. The minimum atomic E-state index is -1.05. The van der Waals surface area contributed by atoms with Crippen LogP contribution in [0.15, 0.2) is 30.9 Å². The van der Waals surface area contributed by atoms with Crippen LogP contribution in [0.3, 0.4) is 0 Å². The number of ether oxygens (including phenoxy) is 1. The molecule has 0 aliphatic carbocycles. The third kappa shape index (κ3) is 3.45. The van der Waals surface area contributed by atoms with Gasteiger partial charge in [0.05, 0.1) is 37.0 Å². The Hall–Kier alpha value is -2.71. The van der Waals surface area contributed by atoms with Crippen molar-refractivity contribution in [3.63, 3.8) is 0 Å². The van der Waals surface area contributed by atoms with Crippen molar-refractivity contribution in [2.45, 2.75) is 31.9 Å². The van der Waals surface area contributed by atoms with Gasteiger partial charge in [-0.3, -0.25) is 9.38 Å². The maximum absolute atomic E-state index is 10.5. The summed E-state index contributed by atoms with van der Waals surface area (Å²) in [7, 11) is 1.59. The molecule has 142 valence electrons. The normalized spacial score (nSPS) is 17.4. The highest BCUT2D eigenvalue weighted by Gasteiger charge is 2.23. The summed E-state index contributed by atoms with van der Waals surface area (Å²) < 4.78 is 7.33. The molecule has 1 unspecified atom stereocenters. The maximum atomic E-state index is 10.5. The third-order valence-corrected chi connectivity index (χ3v) is 4.80. The molecule has 0 bridgehead atoms. The number of nitrogens with zero attached hydrogens (tertiary/aromatic N) is 4. The molecule has 0 radical (unpaired) electrons. The lowest BCUT2D eigenvalue weighted by atomic mass is 9.99. The molecular formula is C19H24N6O2. The van der Waals surface area contributed by atoms with E-state index in [-0.39, 0.29) is 0 Å². The summed E-state index contributed by atoms with van der Waals surface area (Å²) in [4.78, 5) is 13.5. The number of methoxy groups -OCH3 is 1. The number of aromatic nitrogens is 4. The summed E-state index contributed by atoms with van der Waals surface area (Å²) in [6.07, 6.45) is 8.12. The highest BCUT2D eigenvalue weighted by molar-refractivity contribution is 5.63. The zero-order valence-corrected chi connectivity index (χ0v) is 15.7. The summed E-state index contributed by atoms with van der Waals surface area (Å²) in [6.45, 7) is 5.40. The Labute approximate surface area is 157 Å². The van der Waals surface area contributed by atoms with E-state index in [1.54, 1.807) is 39.5 Å². The van der Waals surface area contributed by atoms with Gasteiger partial charge in [0.25, 0.3) is 0 Å². The molecule has 1 saturated heterocycles. The Morgan fingerprint density at radius 3 is 2.89 bits per heavy atom. The zero-order chi connectivity index (χ0) is 19.0. The first-order valence-corrected chi connectivity index (χ1v) is 9.03. The summed E-state index contributed by atoms with van der Waals surface area (Å²) >= 11 is 0. The molecule has 1 atom stereocenters. The molecule has 0 aromatic carbocycles. The standard InChI is InChI=1S/C19H24N6O2/c1-19(2,26)13-11-25-15(9-22-18(25)6-16(13)27-3)14-8-21-10-17(24-14)23-12-4-5-20-7-12/h6,8-12,20,26H,4-5,7H2,1-3H3,(H,23,24). The van der Waals surface area contributed by atoms with Gasteiger partial charge in [-0.05, 0) is 26.8 Å². The molecule has 1 aliphatic heterocycles. The Balaban J connectivity index is 1.75. The molecule has 0 saturated carbocycles. The largest absolute Gasteiger partial charge is 0.496 e. The van der Waals surface area contributed by atoms with Gasteiger partial charge in [-0.1, -0.05) is 0 Å². The van der Waals surface area contributed by atoms with Crippen molar-refractivity contribution in [3.05, 3.63) is 36.4 Å². The lowest BCUT2D eigenvalue weighted by Crippen LogP contribution is -2.22. The predicted octanol–water partition coefficient (Wildman–Crippen LogP) is 1.80. The molecule has 1 fully saturated rings. The second kappa shape index (κ2) is 6.79. The van der Waals surface area contributed by atoms with Crippen LogP contribution in [0.5, 0.6) is 5.75 Å². The van der Waals surface area contributed by atoms with Gasteiger partial charge in [0.1, 0.15) is 22.9 Å². The molecular weight excluding hydrogens is 344 g/mol. The van der Waals surface area contributed by atoms with Gasteiger partial charge in [0.15, 0.2) is 0 Å². The van der Waals surface area contributed by atoms with E-state index < -0.39 is 5.60 Å². The quantitative estimate of drug-likeness (QED) is 0.632. The van der Waals surface area contributed by atoms with Crippen molar-refractivity contribution in [2.75, 3.05) is 25.5 Å². The number of fused-ring (bicyclic) bond motifs is 1. The van der Waals surface area contributed by atoms with Crippen molar-refractivity contribution < 1.29 is 9.84 Å². The molecule has 3 aromatic heterocycles. The lowest BCUT2D eigenvalue weighted by Gasteiger charge is -2.21. The SMILES string of the molecule is COc1cc2ncc(-c3cncc(NC4CCNC4)n3)n2cc1C(C)(C)O. The maximum Gasteiger partial charge on any atom is 0.145 e. The lowest BCUT2D eigenvalue weighted by molar-refractivity contribution is 0.0752. The molecule has 3 N–H and O–H groups in total. The number of hydrogen-bond donors (Lipinski definition) is 3. The van der Waals surface area contributed by atoms with E-state index in [0.29, 0.717) is 23.0 Å². The summed E-state index contributed by atoms with van der Waals surface area (Å²) in [5, 5.41) is 17.3. The van der Waals surface area contributed by atoms with Crippen LogP contribution in [-0.2, 0) is 5.60 Å². The van der Waals surface area contributed by atoms with E-state index in [1.807, 2.05) is 16.7 Å². The summed E-state index contributed by atoms with van der Waals surface area (Å²) in [5.41, 5.74) is 1.86. The van der Waals surface area contributed by atoms with E-state index in [9.17, 15) is 5.11 Å². The number of rotatable bonds is 5. The number of aliphatic hydroxyl groups is 1. The van der Waals surface area contributed by atoms with E-state index in [2.05, 4.69) is 20.6 Å². The fourth-order valence-electron chi connectivity index (χ4n) is 3.37. The van der Waals surface area contributed by atoms with Gasteiger partial charge in [-0.2, -0.15) is 0 Å². The fourth-order valence-corrected chi connectivity index (χ4v) is 3.37. The van der Waals surface area contributed by atoms with Crippen molar-refractivity contribution in [1.29, 1.82) is 0 Å². The van der Waals surface area contributed by atoms with Crippen LogP contribution in [0, 0.1) is 0 Å². The second-order valence-electron chi connectivity index (χ2n) is 7.31. The zero-order valence-electron chi connectivity index (χ0n) is 15.7. The first-order valence-electron chi connectivity index (χ1n) is 9.03. The van der Waals surface area contributed by atoms with E-state index in [1.165, 1.54) is 0 Å². The highest BCUT2D eigenvalue weighted by atomic mass is 16.5. The average molecular weight is 368 g/mol. The van der Waals surface area contributed by atoms with Gasteiger partial charge in [-0.25, -0.2) is 9.97 Å². The topological polar surface area (TPSA) is 96.6 Å². The second-order valence-corrected chi connectivity index (χ2v) is 7.31. The van der Waals surface area contributed by atoms with Gasteiger partial charge in [0.2, 0.25) is 0 Å². The Morgan fingerprint density at radius 1 is 1.33 bits per heavy atom. The van der Waals surface area contributed by atoms with Crippen LogP contribution >= 0.6 is 0 Å². The number of hydrogen-bond acceptors (Lipinski definition) is 7. The number of anilines is 1. The molecule has 8 nitrogen and oxygen atoms in total. The first-order chi connectivity index (χ1) is 13.0. The number of imidazole rings is 1. The molecule has 3 aromatic rings. The highest BCUT2D eigenvalue weighted by Crippen LogP contribution is 2.32. The summed E-state index contributed by atoms with van der Waals surface area (Å²) in [6, 6.07) is 2.18.